The van der Waals surface area contributed by atoms with Crippen LogP contribution in [0.5, 0.6) is 0 Å². The lowest BCUT2D eigenvalue weighted by Crippen LogP contribution is -2.36. The Balaban J connectivity index is 2.10. The Kier molecular flexibility index (Phi) is 2.82. The van der Waals surface area contributed by atoms with Crippen molar-refractivity contribution in [1.82, 2.24) is 9.97 Å². The molecular formula is C9H12N4O3. The molecule has 7 heteroatoms. The summed E-state index contributed by atoms with van der Waals surface area (Å²) in [6, 6.07) is 0. The zero-order valence-electron chi connectivity index (χ0n) is 8.48. The van der Waals surface area contributed by atoms with Crippen molar-refractivity contribution < 1.29 is 15.3 Å². The number of aliphatic imine (C=N–C) groups is 1. The largest absolute Gasteiger partial charge is 0.344 e. The number of aromatic nitrogens is 2. The highest BCUT2D eigenvalue weighted by Gasteiger charge is 2.22. The van der Waals surface area contributed by atoms with E-state index in [4.69, 9.17) is 15.3 Å². The Morgan fingerprint density at radius 2 is 2.00 bits per heavy atom. The van der Waals surface area contributed by atoms with Crippen LogP contribution in [-0.2, 0) is 0 Å². The summed E-state index contributed by atoms with van der Waals surface area (Å²) in [6.07, 6.45) is 4.51. The SMILES string of the molecule is OC(O)(O)CCN1CN=Cc2nccnc21. The van der Waals surface area contributed by atoms with Crippen molar-refractivity contribution in [1.29, 1.82) is 0 Å². The molecule has 0 bridgehead atoms. The summed E-state index contributed by atoms with van der Waals surface area (Å²) in [6.45, 7) is 0.592. The summed E-state index contributed by atoms with van der Waals surface area (Å²) >= 11 is 0. The van der Waals surface area contributed by atoms with E-state index in [0.29, 0.717) is 18.2 Å². The molecule has 0 fully saturated rings. The number of fused-ring (bicyclic) bond motifs is 1. The maximum absolute atomic E-state index is 8.81. The molecule has 0 aromatic carbocycles. The van der Waals surface area contributed by atoms with Crippen molar-refractivity contribution in [3.8, 4) is 0 Å². The van der Waals surface area contributed by atoms with Gasteiger partial charge in [0.2, 0.25) is 0 Å². The van der Waals surface area contributed by atoms with Crippen LogP contribution >= 0.6 is 0 Å². The van der Waals surface area contributed by atoms with Gasteiger partial charge < -0.3 is 20.2 Å². The number of anilines is 1. The number of nitrogens with zero attached hydrogens (tertiary/aromatic N) is 4. The van der Waals surface area contributed by atoms with Gasteiger partial charge in [-0.25, -0.2) is 9.97 Å². The Bertz CT molecular complexity index is 402. The van der Waals surface area contributed by atoms with Gasteiger partial charge in [-0.15, -0.1) is 0 Å². The van der Waals surface area contributed by atoms with E-state index in [1.807, 2.05) is 0 Å². The van der Waals surface area contributed by atoms with Gasteiger partial charge in [0.1, 0.15) is 12.4 Å². The first-order valence-electron chi connectivity index (χ1n) is 4.79. The first-order chi connectivity index (χ1) is 7.56. The normalized spacial score (nSPS) is 15.1. The first-order valence-corrected chi connectivity index (χ1v) is 4.79. The van der Waals surface area contributed by atoms with Crippen LogP contribution in [0.2, 0.25) is 0 Å². The van der Waals surface area contributed by atoms with Gasteiger partial charge in [-0.05, 0) is 0 Å². The fourth-order valence-electron chi connectivity index (χ4n) is 1.43. The van der Waals surface area contributed by atoms with Gasteiger partial charge in [0.25, 0.3) is 5.97 Å². The van der Waals surface area contributed by atoms with E-state index >= 15 is 0 Å². The third-order valence-corrected chi connectivity index (χ3v) is 2.19. The van der Waals surface area contributed by atoms with E-state index < -0.39 is 5.97 Å². The molecule has 3 N–H and O–H groups in total. The van der Waals surface area contributed by atoms with Crippen LogP contribution in [0.25, 0.3) is 0 Å². The minimum Gasteiger partial charge on any atom is -0.344 e. The lowest BCUT2D eigenvalue weighted by atomic mass is 10.3. The van der Waals surface area contributed by atoms with Crippen LogP contribution in [0.4, 0.5) is 5.82 Å². The predicted octanol–water partition coefficient (Wildman–Crippen LogP) is -1.31. The van der Waals surface area contributed by atoms with Crippen LogP contribution in [-0.4, -0.2) is 50.7 Å². The third-order valence-electron chi connectivity index (χ3n) is 2.19. The van der Waals surface area contributed by atoms with Gasteiger partial charge in [0.15, 0.2) is 5.82 Å². The smallest absolute Gasteiger partial charge is 0.277 e. The van der Waals surface area contributed by atoms with E-state index in [-0.39, 0.29) is 13.0 Å². The highest BCUT2D eigenvalue weighted by molar-refractivity contribution is 5.85. The lowest BCUT2D eigenvalue weighted by Gasteiger charge is -2.26. The van der Waals surface area contributed by atoms with E-state index in [2.05, 4.69) is 15.0 Å². The molecule has 0 saturated heterocycles. The zero-order valence-corrected chi connectivity index (χ0v) is 8.48. The molecule has 2 heterocycles. The maximum Gasteiger partial charge on any atom is 0.277 e. The number of rotatable bonds is 3. The molecule has 0 unspecified atom stereocenters. The second-order valence-electron chi connectivity index (χ2n) is 3.51. The minimum atomic E-state index is -2.66. The molecule has 0 saturated carbocycles. The second-order valence-corrected chi connectivity index (χ2v) is 3.51. The van der Waals surface area contributed by atoms with Crippen molar-refractivity contribution >= 4 is 12.0 Å². The Morgan fingerprint density at radius 1 is 1.25 bits per heavy atom. The summed E-state index contributed by atoms with van der Waals surface area (Å²) in [5.41, 5.74) is 0.633. The van der Waals surface area contributed by atoms with Crippen molar-refractivity contribution in [2.24, 2.45) is 4.99 Å². The summed E-state index contributed by atoms with van der Waals surface area (Å²) in [5.74, 6) is -2.04. The van der Waals surface area contributed by atoms with E-state index in [1.54, 1.807) is 23.5 Å². The zero-order chi connectivity index (χ0) is 11.6. The second kappa shape index (κ2) is 4.12. The van der Waals surface area contributed by atoms with Crippen molar-refractivity contribution in [3.63, 3.8) is 0 Å². The molecule has 1 aromatic rings. The van der Waals surface area contributed by atoms with Crippen molar-refractivity contribution in [3.05, 3.63) is 18.1 Å². The maximum atomic E-state index is 8.81. The molecule has 1 aromatic heterocycles. The standard InChI is InChI=1S/C9H12N4O3/c14-9(15,16)1-4-13-6-10-5-7-8(13)12-3-2-11-7/h2-3,5,14-16H,1,4,6H2. The third kappa shape index (κ3) is 2.51. The molecule has 0 radical (unpaired) electrons. The van der Waals surface area contributed by atoms with Crippen LogP contribution in [0.3, 0.4) is 0 Å². The average molecular weight is 224 g/mol. The first kappa shape index (κ1) is 10.9. The van der Waals surface area contributed by atoms with E-state index in [0.717, 1.165) is 0 Å². The summed E-state index contributed by atoms with van der Waals surface area (Å²) in [7, 11) is 0. The quantitative estimate of drug-likeness (QED) is 0.551. The summed E-state index contributed by atoms with van der Waals surface area (Å²) < 4.78 is 0. The van der Waals surface area contributed by atoms with Crippen LogP contribution in [0, 0.1) is 0 Å². The fourth-order valence-corrected chi connectivity index (χ4v) is 1.43. The van der Waals surface area contributed by atoms with Crippen molar-refractivity contribution in [2.75, 3.05) is 18.1 Å². The van der Waals surface area contributed by atoms with Gasteiger partial charge in [0.05, 0.1) is 6.21 Å². The molecule has 0 amide bonds. The van der Waals surface area contributed by atoms with Gasteiger partial charge in [-0.1, -0.05) is 0 Å². The lowest BCUT2D eigenvalue weighted by molar-refractivity contribution is -0.312. The van der Waals surface area contributed by atoms with E-state index in [9.17, 15) is 0 Å². The topological polar surface area (TPSA) is 102 Å². The molecular weight excluding hydrogens is 212 g/mol. The summed E-state index contributed by atoms with van der Waals surface area (Å²) in [5, 5.41) is 26.4. The van der Waals surface area contributed by atoms with E-state index in [1.165, 1.54) is 0 Å². The molecule has 1 aliphatic rings. The number of hydrogen-bond donors (Lipinski definition) is 3. The van der Waals surface area contributed by atoms with Gasteiger partial charge in [-0.2, -0.15) is 0 Å². The monoisotopic (exact) mass is 224 g/mol. The average Bonchev–Trinajstić information content (AvgIpc) is 2.25. The van der Waals surface area contributed by atoms with Gasteiger partial charge in [-0.3, -0.25) is 4.99 Å². The van der Waals surface area contributed by atoms with Gasteiger partial charge in [0, 0.05) is 25.4 Å². The molecule has 7 nitrogen and oxygen atoms in total. The highest BCUT2D eigenvalue weighted by Crippen LogP contribution is 2.18. The Labute approximate surface area is 91.7 Å². The molecule has 0 atom stereocenters. The number of aliphatic hydroxyl groups is 3. The molecule has 1 aliphatic heterocycles. The predicted molar refractivity (Wildman–Crippen MR) is 55.8 cm³/mol. The van der Waals surface area contributed by atoms with Crippen LogP contribution < -0.4 is 4.90 Å². The highest BCUT2D eigenvalue weighted by atomic mass is 16.7. The van der Waals surface area contributed by atoms with Crippen LogP contribution in [0.1, 0.15) is 12.1 Å². The number of hydrogen-bond acceptors (Lipinski definition) is 7. The van der Waals surface area contributed by atoms with Gasteiger partial charge >= 0.3 is 0 Å². The molecule has 0 aliphatic carbocycles. The minimum absolute atomic E-state index is 0.210. The molecule has 86 valence electrons. The summed E-state index contributed by atoms with van der Waals surface area (Å²) in [4.78, 5) is 14.0. The molecule has 16 heavy (non-hydrogen) atoms. The fraction of sp³-hybridized carbons (Fsp3) is 0.444. The Morgan fingerprint density at radius 3 is 2.75 bits per heavy atom. The van der Waals surface area contributed by atoms with Crippen LogP contribution in [0.15, 0.2) is 17.4 Å². The Hall–Kier alpha value is -1.57. The molecule has 0 spiro atoms. The van der Waals surface area contributed by atoms with Crippen molar-refractivity contribution in [2.45, 2.75) is 12.4 Å². The molecule has 2 rings (SSSR count).